The van der Waals surface area contributed by atoms with Gasteiger partial charge in [-0.1, -0.05) is 78.2 Å². The Balaban J connectivity index is 1.48. The first kappa shape index (κ1) is 33.2. The summed E-state index contributed by atoms with van der Waals surface area (Å²) in [7, 11) is 2.59. The second-order valence-corrected chi connectivity index (χ2v) is 12.3. The number of nitrogens with one attached hydrogen (secondary N) is 2. The van der Waals surface area contributed by atoms with Crippen LogP contribution in [0.5, 0.6) is 0 Å². The third-order valence-electron chi connectivity index (χ3n) is 8.38. The second kappa shape index (κ2) is 15.4. The summed E-state index contributed by atoms with van der Waals surface area (Å²) >= 11 is 0. The van der Waals surface area contributed by atoms with Crippen LogP contribution in [0.2, 0.25) is 0 Å². The van der Waals surface area contributed by atoms with E-state index in [0.717, 1.165) is 73.5 Å². The SMILES string of the molecule is C=C1c2c(C)cccc2C=C(CNc2ncnc(P)c2C(=N)c2cccc(F)c2)N1c1ccccc1CCCN(CCC)CCC. The molecule has 1 atom stereocenters. The number of anilines is 2. The molecule has 0 bridgehead atoms. The third kappa shape index (κ3) is 7.43. The smallest absolute Gasteiger partial charge is 0.139 e. The summed E-state index contributed by atoms with van der Waals surface area (Å²) in [6.07, 6.45) is 8.06. The van der Waals surface area contributed by atoms with Gasteiger partial charge in [0.1, 0.15) is 18.0 Å². The van der Waals surface area contributed by atoms with Crippen LogP contribution in [0.25, 0.3) is 11.8 Å². The number of rotatable bonds is 14. The average molecular weight is 635 g/mol. The molecule has 0 spiro atoms. The number of aryl methyl sites for hydroxylation is 2. The first-order valence-corrected chi connectivity index (χ1v) is 16.7. The predicted octanol–water partition coefficient (Wildman–Crippen LogP) is 7.84. The van der Waals surface area contributed by atoms with E-state index in [2.05, 4.69) is 110 Å². The van der Waals surface area contributed by atoms with Gasteiger partial charge < -0.3 is 15.1 Å². The second-order valence-electron chi connectivity index (χ2n) is 11.8. The van der Waals surface area contributed by atoms with E-state index < -0.39 is 5.82 Å². The zero-order valence-corrected chi connectivity index (χ0v) is 28.3. The molecule has 0 fully saturated rings. The van der Waals surface area contributed by atoms with Crippen LogP contribution in [0.15, 0.2) is 85.3 Å². The van der Waals surface area contributed by atoms with Gasteiger partial charge in [-0.05, 0) is 93.2 Å². The van der Waals surface area contributed by atoms with Crippen molar-refractivity contribution < 1.29 is 4.39 Å². The lowest BCUT2D eigenvalue weighted by Crippen LogP contribution is -2.30. The van der Waals surface area contributed by atoms with E-state index in [-0.39, 0.29) is 5.71 Å². The van der Waals surface area contributed by atoms with Crippen molar-refractivity contribution >= 4 is 43.7 Å². The molecule has 2 heterocycles. The normalized spacial score (nSPS) is 12.7. The van der Waals surface area contributed by atoms with E-state index in [4.69, 9.17) is 5.41 Å². The lowest BCUT2D eigenvalue weighted by Gasteiger charge is -2.36. The highest BCUT2D eigenvalue weighted by Crippen LogP contribution is 2.40. The zero-order chi connectivity index (χ0) is 32.6. The fourth-order valence-corrected chi connectivity index (χ4v) is 6.66. The van der Waals surface area contributed by atoms with Crippen molar-refractivity contribution in [3.63, 3.8) is 0 Å². The highest BCUT2D eigenvalue weighted by atomic mass is 31.0. The van der Waals surface area contributed by atoms with E-state index in [9.17, 15) is 4.39 Å². The van der Waals surface area contributed by atoms with Crippen molar-refractivity contribution in [1.82, 2.24) is 14.9 Å². The molecule has 2 N–H and O–H groups in total. The molecule has 4 aromatic rings. The number of hydrogen-bond donors (Lipinski definition) is 2. The molecule has 6 nitrogen and oxygen atoms in total. The van der Waals surface area contributed by atoms with Crippen LogP contribution in [0, 0.1) is 18.2 Å². The van der Waals surface area contributed by atoms with Crippen LogP contribution < -0.4 is 15.7 Å². The number of halogens is 1. The molecule has 0 aliphatic carbocycles. The lowest BCUT2D eigenvalue weighted by atomic mass is 9.93. The Hall–Kier alpha value is -4.19. The van der Waals surface area contributed by atoms with E-state index in [1.807, 2.05) is 0 Å². The minimum absolute atomic E-state index is 0.151. The van der Waals surface area contributed by atoms with Crippen LogP contribution in [-0.2, 0) is 6.42 Å². The Morgan fingerprint density at radius 2 is 1.76 bits per heavy atom. The molecule has 0 amide bonds. The van der Waals surface area contributed by atoms with E-state index in [1.54, 1.807) is 12.1 Å². The summed E-state index contributed by atoms with van der Waals surface area (Å²) in [6, 6.07) is 21.0. The minimum atomic E-state index is -0.392. The molecule has 8 heteroatoms. The fourth-order valence-electron chi connectivity index (χ4n) is 6.31. The molecule has 238 valence electrons. The Morgan fingerprint density at radius 3 is 2.52 bits per heavy atom. The van der Waals surface area contributed by atoms with Gasteiger partial charge in [0.15, 0.2) is 0 Å². The number of benzene rings is 3. The fraction of sp³-hybridized carbons (Fsp3) is 0.289. The van der Waals surface area contributed by atoms with Gasteiger partial charge in [0.05, 0.1) is 23.3 Å². The molecule has 0 radical (unpaired) electrons. The van der Waals surface area contributed by atoms with Gasteiger partial charge in [-0.25, -0.2) is 14.4 Å². The zero-order valence-electron chi connectivity index (χ0n) is 27.1. The summed E-state index contributed by atoms with van der Waals surface area (Å²) in [5, 5.41) is 12.4. The Kier molecular flexibility index (Phi) is 11.1. The summed E-state index contributed by atoms with van der Waals surface area (Å²) < 4.78 is 14.1. The molecule has 1 aliphatic heterocycles. The summed E-state index contributed by atoms with van der Waals surface area (Å²) in [5.74, 6) is 0.118. The minimum Gasteiger partial charge on any atom is -0.364 e. The van der Waals surface area contributed by atoms with Gasteiger partial charge in [0.2, 0.25) is 0 Å². The van der Waals surface area contributed by atoms with Gasteiger partial charge in [0, 0.05) is 28.2 Å². The Bertz CT molecular complexity index is 1740. The van der Waals surface area contributed by atoms with Crippen molar-refractivity contribution in [1.29, 1.82) is 5.41 Å². The van der Waals surface area contributed by atoms with Crippen LogP contribution in [0.4, 0.5) is 15.9 Å². The monoisotopic (exact) mass is 634 g/mol. The molecule has 0 saturated heterocycles. The summed E-state index contributed by atoms with van der Waals surface area (Å²) in [6.45, 7) is 15.0. The van der Waals surface area contributed by atoms with Crippen LogP contribution in [0.3, 0.4) is 0 Å². The molecule has 5 rings (SSSR count). The largest absolute Gasteiger partial charge is 0.364 e. The molecular weight excluding hydrogens is 590 g/mol. The van der Waals surface area contributed by atoms with E-state index in [0.29, 0.717) is 28.9 Å². The summed E-state index contributed by atoms with van der Waals surface area (Å²) in [5.41, 5.74) is 9.47. The highest BCUT2D eigenvalue weighted by Gasteiger charge is 2.27. The van der Waals surface area contributed by atoms with Gasteiger partial charge >= 0.3 is 0 Å². The van der Waals surface area contributed by atoms with Crippen LogP contribution in [-0.4, -0.2) is 46.8 Å². The maximum absolute atomic E-state index is 14.1. The predicted molar refractivity (Wildman–Crippen MR) is 195 cm³/mol. The first-order valence-electron chi connectivity index (χ1n) is 16.1. The molecule has 1 unspecified atom stereocenters. The summed E-state index contributed by atoms with van der Waals surface area (Å²) in [4.78, 5) is 13.7. The van der Waals surface area contributed by atoms with Crippen molar-refractivity contribution in [3.8, 4) is 0 Å². The van der Waals surface area contributed by atoms with Crippen molar-refractivity contribution in [3.05, 3.63) is 125 Å². The van der Waals surface area contributed by atoms with Crippen LogP contribution >= 0.6 is 9.24 Å². The molecule has 1 aromatic heterocycles. The average Bonchev–Trinajstić information content (AvgIpc) is 3.04. The van der Waals surface area contributed by atoms with Crippen molar-refractivity contribution in [2.24, 2.45) is 0 Å². The molecule has 0 saturated carbocycles. The van der Waals surface area contributed by atoms with E-state index >= 15 is 0 Å². The molecular formula is C38H44FN6P. The maximum atomic E-state index is 14.1. The highest BCUT2D eigenvalue weighted by molar-refractivity contribution is 7.27. The maximum Gasteiger partial charge on any atom is 0.139 e. The van der Waals surface area contributed by atoms with E-state index in [1.165, 1.54) is 29.6 Å². The Morgan fingerprint density at radius 1 is 1.00 bits per heavy atom. The van der Waals surface area contributed by atoms with Gasteiger partial charge in [0.25, 0.3) is 0 Å². The first-order chi connectivity index (χ1) is 22.3. The molecule has 46 heavy (non-hydrogen) atoms. The molecule has 3 aromatic carbocycles. The van der Waals surface area contributed by atoms with Gasteiger partial charge in [-0.3, -0.25) is 5.41 Å². The number of nitrogens with zero attached hydrogens (tertiary/aromatic N) is 4. The van der Waals surface area contributed by atoms with Gasteiger partial charge in [-0.2, -0.15) is 0 Å². The lowest BCUT2D eigenvalue weighted by molar-refractivity contribution is 0.271. The number of para-hydroxylation sites is 1. The standard InChI is InChI=1S/C38H44FN6P/c1-5-19-44(20-6-2)21-11-16-28-13-7-8-18-33(28)45-27(4)34-26(3)12-9-14-29(34)23-32(45)24-41-37-35(38(46)43-25-42-37)36(40)30-15-10-17-31(39)22-30/h7-10,12-15,17-18,22-23,25,40H,4-6,11,16,19-21,24,46H2,1-3H3,(H,41,42,43). The topological polar surface area (TPSA) is 68.1 Å². The van der Waals surface area contributed by atoms with Gasteiger partial charge in [-0.15, -0.1) is 0 Å². The van der Waals surface area contributed by atoms with Crippen molar-refractivity contribution in [2.45, 2.75) is 46.5 Å². The Labute approximate surface area is 275 Å². The van der Waals surface area contributed by atoms with Crippen molar-refractivity contribution in [2.75, 3.05) is 36.4 Å². The quantitative estimate of drug-likeness (QED) is 0.109. The number of aromatic nitrogens is 2. The third-order valence-corrected chi connectivity index (χ3v) is 8.82. The molecule has 1 aliphatic rings. The van der Waals surface area contributed by atoms with Crippen LogP contribution in [0.1, 0.15) is 66.5 Å². The number of fused-ring (bicyclic) bond motifs is 1. The number of hydrogen-bond acceptors (Lipinski definition) is 6.